The van der Waals surface area contributed by atoms with Crippen LogP contribution in [0.4, 0.5) is 5.69 Å². The van der Waals surface area contributed by atoms with Gasteiger partial charge in [-0.3, -0.25) is 4.79 Å². The molecular weight excluding hydrogens is 284 g/mol. The van der Waals surface area contributed by atoms with E-state index in [-0.39, 0.29) is 5.91 Å². The Morgan fingerprint density at radius 1 is 1.33 bits per heavy atom. The summed E-state index contributed by atoms with van der Waals surface area (Å²) in [6, 6.07) is 8.98. The second-order valence-electron chi connectivity index (χ2n) is 5.02. The molecule has 0 atom stereocenters. The Morgan fingerprint density at radius 3 is 2.71 bits per heavy atom. The summed E-state index contributed by atoms with van der Waals surface area (Å²) in [5, 5.41) is 12.3. The zero-order valence-corrected chi connectivity index (χ0v) is 12.8. The van der Waals surface area contributed by atoms with Crippen molar-refractivity contribution >= 4 is 23.4 Å². The maximum absolute atomic E-state index is 11.8. The number of ether oxygens (including phenoxy) is 1. The van der Waals surface area contributed by atoms with Gasteiger partial charge in [-0.05, 0) is 49.3 Å². The first-order chi connectivity index (χ1) is 10.3. The highest BCUT2D eigenvalue weighted by molar-refractivity contribution is 7.99. The maximum atomic E-state index is 11.8. The number of anilines is 1. The van der Waals surface area contributed by atoms with Gasteiger partial charge < -0.3 is 10.1 Å². The van der Waals surface area contributed by atoms with E-state index in [0.717, 1.165) is 43.9 Å². The molecule has 1 aromatic carbocycles. The van der Waals surface area contributed by atoms with Crippen LogP contribution in [-0.2, 0) is 9.53 Å². The standard InChI is InChI=1S/C16H20N2O2S/c17-12-13-3-5-14(6-4-13)18-16(19)2-1-11-21-15-7-9-20-10-8-15/h3-6,15H,1-2,7-11H2,(H,18,19). The molecule has 112 valence electrons. The highest BCUT2D eigenvalue weighted by Crippen LogP contribution is 2.23. The number of benzene rings is 1. The van der Waals surface area contributed by atoms with E-state index in [1.807, 2.05) is 11.8 Å². The minimum absolute atomic E-state index is 0.0345. The van der Waals surface area contributed by atoms with Gasteiger partial charge in [0.05, 0.1) is 11.6 Å². The smallest absolute Gasteiger partial charge is 0.224 e. The van der Waals surface area contributed by atoms with Gasteiger partial charge in [0.2, 0.25) is 5.91 Å². The molecule has 1 aliphatic rings. The molecular formula is C16H20N2O2S. The average Bonchev–Trinajstić information content (AvgIpc) is 2.53. The zero-order valence-electron chi connectivity index (χ0n) is 12.0. The van der Waals surface area contributed by atoms with Crippen LogP contribution in [0.1, 0.15) is 31.2 Å². The molecule has 1 saturated heterocycles. The number of nitrogens with one attached hydrogen (secondary N) is 1. The summed E-state index contributed by atoms with van der Waals surface area (Å²) in [5.74, 6) is 1.05. The van der Waals surface area contributed by atoms with Crippen molar-refractivity contribution in [2.24, 2.45) is 0 Å². The van der Waals surface area contributed by atoms with Crippen LogP contribution < -0.4 is 5.32 Å². The molecule has 1 amide bonds. The minimum Gasteiger partial charge on any atom is -0.381 e. The molecule has 0 aliphatic carbocycles. The second kappa shape index (κ2) is 8.71. The van der Waals surface area contributed by atoms with Gasteiger partial charge in [0.1, 0.15) is 0 Å². The molecule has 0 saturated carbocycles. The molecule has 0 unspecified atom stereocenters. The molecule has 0 radical (unpaired) electrons. The maximum Gasteiger partial charge on any atom is 0.224 e. The van der Waals surface area contributed by atoms with Gasteiger partial charge in [0.15, 0.2) is 0 Å². The number of hydrogen-bond acceptors (Lipinski definition) is 4. The van der Waals surface area contributed by atoms with Gasteiger partial charge >= 0.3 is 0 Å². The van der Waals surface area contributed by atoms with Crippen LogP contribution in [0.25, 0.3) is 0 Å². The summed E-state index contributed by atoms with van der Waals surface area (Å²) in [5.41, 5.74) is 1.34. The zero-order chi connectivity index (χ0) is 14.9. The Morgan fingerprint density at radius 2 is 2.05 bits per heavy atom. The molecule has 0 aromatic heterocycles. The predicted molar refractivity (Wildman–Crippen MR) is 85.3 cm³/mol. The van der Waals surface area contributed by atoms with Gasteiger partial charge in [-0.25, -0.2) is 0 Å². The van der Waals surface area contributed by atoms with Crippen LogP contribution in [0, 0.1) is 11.3 Å². The Hall–Kier alpha value is -1.51. The van der Waals surface area contributed by atoms with Crippen LogP contribution in [0.2, 0.25) is 0 Å². The lowest BCUT2D eigenvalue weighted by atomic mass is 10.2. The van der Waals surface area contributed by atoms with E-state index in [4.69, 9.17) is 10.00 Å². The number of rotatable bonds is 6. The van der Waals surface area contributed by atoms with Crippen molar-refractivity contribution in [1.82, 2.24) is 0 Å². The molecule has 1 heterocycles. The second-order valence-corrected chi connectivity index (χ2v) is 6.43. The lowest BCUT2D eigenvalue weighted by Crippen LogP contribution is -2.18. The molecule has 0 bridgehead atoms. The Balaban J connectivity index is 1.61. The number of nitrogens with zero attached hydrogens (tertiary/aromatic N) is 1. The number of nitriles is 1. The first-order valence-electron chi connectivity index (χ1n) is 7.27. The monoisotopic (exact) mass is 304 g/mol. The van der Waals surface area contributed by atoms with Crippen molar-refractivity contribution in [3.63, 3.8) is 0 Å². The summed E-state index contributed by atoms with van der Waals surface area (Å²) in [4.78, 5) is 11.8. The Bertz CT molecular complexity index is 490. The number of carbonyl (C=O) groups excluding carboxylic acids is 1. The van der Waals surface area contributed by atoms with E-state index in [1.54, 1.807) is 24.3 Å². The highest BCUT2D eigenvalue weighted by Gasteiger charge is 2.13. The van der Waals surface area contributed by atoms with Crippen LogP contribution in [0.3, 0.4) is 0 Å². The molecule has 4 nitrogen and oxygen atoms in total. The molecule has 21 heavy (non-hydrogen) atoms. The summed E-state index contributed by atoms with van der Waals surface area (Å²) < 4.78 is 5.33. The normalized spacial score (nSPS) is 15.4. The molecule has 1 fully saturated rings. The third kappa shape index (κ3) is 5.78. The quantitative estimate of drug-likeness (QED) is 0.820. The van der Waals surface area contributed by atoms with Gasteiger partial charge in [0, 0.05) is 30.6 Å². The van der Waals surface area contributed by atoms with Crippen molar-refractivity contribution in [2.75, 3.05) is 24.3 Å². The molecule has 0 spiro atoms. The van der Waals surface area contributed by atoms with Crippen LogP contribution >= 0.6 is 11.8 Å². The summed E-state index contributed by atoms with van der Waals surface area (Å²) in [6.45, 7) is 1.74. The predicted octanol–water partition coefficient (Wildman–Crippen LogP) is 3.19. The van der Waals surface area contributed by atoms with Crippen LogP contribution in [0.15, 0.2) is 24.3 Å². The van der Waals surface area contributed by atoms with E-state index in [2.05, 4.69) is 11.4 Å². The molecule has 2 rings (SSSR count). The van der Waals surface area contributed by atoms with Gasteiger partial charge in [-0.2, -0.15) is 17.0 Å². The fraction of sp³-hybridized carbons (Fsp3) is 0.500. The molecule has 1 N–H and O–H groups in total. The van der Waals surface area contributed by atoms with E-state index >= 15 is 0 Å². The highest BCUT2D eigenvalue weighted by atomic mass is 32.2. The molecule has 1 aliphatic heterocycles. The summed E-state index contributed by atoms with van der Waals surface area (Å²) in [7, 11) is 0. The average molecular weight is 304 g/mol. The topological polar surface area (TPSA) is 62.1 Å². The van der Waals surface area contributed by atoms with E-state index in [9.17, 15) is 4.79 Å². The Labute approximate surface area is 129 Å². The van der Waals surface area contributed by atoms with Crippen LogP contribution in [-0.4, -0.2) is 30.1 Å². The van der Waals surface area contributed by atoms with E-state index < -0.39 is 0 Å². The largest absolute Gasteiger partial charge is 0.381 e. The van der Waals surface area contributed by atoms with Crippen molar-refractivity contribution in [1.29, 1.82) is 5.26 Å². The van der Waals surface area contributed by atoms with Gasteiger partial charge in [-0.1, -0.05) is 0 Å². The van der Waals surface area contributed by atoms with Crippen molar-refractivity contribution in [3.8, 4) is 6.07 Å². The van der Waals surface area contributed by atoms with Gasteiger partial charge in [-0.15, -0.1) is 0 Å². The minimum atomic E-state index is 0.0345. The van der Waals surface area contributed by atoms with Crippen molar-refractivity contribution in [2.45, 2.75) is 30.9 Å². The van der Waals surface area contributed by atoms with Gasteiger partial charge in [0.25, 0.3) is 0 Å². The van der Waals surface area contributed by atoms with Crippen LogP contribution in [0.5, 0.6) is 0 Å². The number of hydrogen-bond donors (Lipinski definition) is 1. The van der Waals surface area contributed by atoms with Crippen molar-refractivity contribution in [3.05, 3.63) is 29.8 Å². The summed E-state index contributed by atoms with van der Waals surface area (Å²) >= 11 is 1.95. The fourth-order valence-electron chi connectivity index (χ4n) is 2.18. The lowest BCUT2D eigenvalue weighted by Gasteiger charge is -2.21. The number of carbonyl (C=O) groups is 1. The molecule has 5 heteroatoms. The third-order valence-electron chi connectivity index (χ3n) is 3.37. The first-order valence-corrected chi connectivity index (χ1v) is 8.32. The number of amides is 1. The van der Waals surface area contributed by atoms with E-state index in [0.29, 0.717) is 17.2 Å². The molecule has 1 aromatic rings. The SMILES string of the molecule is N#Cc1ccc(NC(=O)CCCSC2CCOCC2)cc1. The summed E-state index contributed by atoms with van der Waals surface area (Å²) in [6.07, 6.45) is 3.69. The van der Waals surface area contributed by atoms with E-state index in [1.165, 1.54) is 0 Å². The fourth-order valence-corrected chi connectivity index (χ4v) is 3.35. The number of thioether (sulfide) groups is 1. The lowest BCUT2D eigenvalue weighted by molar-refractivity contribution is -0.116. The third-order valence-corrected chi connectivity index (χ3v) is 4.84. The van der Waals surface area contributed by atoms with Crippen molar-refractivity contribution < 1.29 is 9.53 Å². The first kappa shape index (κ1) is 15.9. The Kier molecular flexibility index (Phi) is 6.58.